The van der Waals surface area contributed by atoms with Crippen molar-refractivity contribution in [2.24, 2.45) is 0 Å². The minimum Gasteiger partial charge on any atom is -0.748 e. The van der Waals surface area contributed by atoms with Gasteiger partial charge in [-0.1, -0.05) is 26.7 Å². The third-order valence-corrected chi connectivity index (χ3v) is 3.99. The molecule has 0 aromatic carbocycles. The molecule has 1 N–H and O–H groups in total. The van der Waals surface area contributed by atoms with Gasteiger partial charge in [0, 0.05) is 5.25 Å². The molecular formula is C11H23NaO4S. The van der Waals surface area contributed by atoms with Gasteiger partial charge in [-0.3, -0.25) is 0 Å². The number of aliphatic hydroxyl groups excluding tert-OH is 1. The maximum atomic E-state index is 10.9. The summed E-state index contributed by atoms with van der Waals surface area (Å²) in [6.45, 7) is 3.86. The van der Waals surface area contributed by atoms with Crippen LogP contribution in [0.25, 0.3) is 0 Å². The van der Waals surface area contributed by atoms with Gasteiger partial charge in [0.05, 0.1) is 16.2 Å². The molecule has 0 spiro atoms. The van der Waals surface area contributed by atoms with Crippen LogP contribution in [-0.4, -0.2) is 29.4 Å². The molecule has 0 radical (unpaired) electrons. The SMILES string of the molecule is CCCC(O)CCCC(CCC)S(=O)(=O)[O-].[Na+]. The van der Waals surface area contributed by atoms with Crippen molar-refractivity contribution in [3.05, 3.63) is 0 Å². The molecule has 0 bridgehead atoms. The fraction of sp³-hybridized carbons (Fsp3) is 1.00. The second-order valence-corrected chi connectivity index (χ2v) is 5.93. The first kappa shape index (κ1) is 20.2. The van der Waals surface area contributed by atoms with E-state index >= 15 is 0 Å². The van der Waals surface area contributed by atoms with Gasteiger partial charge < -0.3 is 9.66 Å². The van der Waals surface area contributed by atoms with Crippen LogP contribution in [0.4, 0.5) is 0 Å². The molecule has 0 saturated carbocycles. The number of hydrogen-bond donors (Lipinski definition) is 1. The Kier molecular flexibility index (Phi) is 12.8. The van der Waals surface area contributed by atoms with E-state index in [1.54, 1.807) is 0 Å². The summed E-state index contributed by atoms with van der Waals surface area (Å²) >= 11 is 0. The maximum absolute atomic E-state index is 10.9. The number of rotatable bonds is 9. The van der Waals surface area contributed by atoms with Gasteiger partial charge in [-0.2, -0.15) is 0 Å². The summed E-state index contributed by atoms with van der Waals surface area (Å²) in [5.41, 5.74) is 0. The zero-order valence-electron chi connectivity index (χ0n) is 11.2. The van der Waals surface area contributed by atoms with Crippen molar-refractivity contribution in [3.8, 4) is 0 Å². The Bertz CT molecular complexity index is 267. The monoisotopic (exact) mass is 274 g/mol. The Morgan fingerprint density at radius 2 is 1.59 bits per heavy atom. The molecule has 0 aliphatic rings. The molecule has 0 fully saturated rings. The fourth-order valence-corrected chi connectivity index (χ4v) is 2.79. The van der Waals surface area contributed by atoms with Crippen LogP contribution in [0.5, 0.6) is 0 Å². The quantitative estimate of drug-likeness (QED) is 0.434. The van der Waals surface area contributed by atoms with Crippen molar-refractivity contribution in [2.45, 2.75) is 70.1 Å². The van der Waals surface area contributed by atoms with E-state index in [0.29, 0.717) is 32.1 Å². The fourth-order valence-electron chi connectivity index (χ4n) is 1.81. The second kappa shape index (κ2) is 10.8. The smallest absolute Gasteiger partial charge is 0.748 e. The largest absolute Gasteiger partial charge is 1.00 e. The third kappa shape index (κ3) is 10.5. The van der Waals surface area contributed by atoms with Crippen molar-refractivity contribution in [1.29, 1.82) is 0 Å². The Morgan fingerprint density at radius 1 is 1.06 bits per heavy atom. The minimum absolute atomic E-state index is 0. The third-order valence-electron chi connectivity index (χ3n) is 2.70. The summed E-state index contributed by atoms with van der Waals surface area (Å²) in [6, 6.07) is 0. The molecule has 2 unspecified atom stereocenters. The summed E-state index contributed by atoms with van der Waals surface area (Å²) in [5.74, 6) is 0. The molecule has 4 nitrogen and oxygen atoms in total. The van der Waals surface area contributed by atoms with Crippen LogP contribution in [0, 0.1) is 0 Å². The van der Waals surface area contributed by atoms with E-state index in [0.717, 1.165) is 12.8 Å². The van der Waals surface area contributed by atoms with Gasteiger partial charge in [-0.15, -0.1) is 0 Å². The Labute approximate surface area is 127 Å². The molecule has 0 amide bonds. The van der Waals surface area contributed by atoms with E-state index in [4.69, 9.17) is 0 Å². The summed E-state index contributed by atoms with van der Waals surface area (Å²) in [7, 11) is -4.17. The van der Waals surface area contributed by atoms with Crippen LogP contribution in [0.1, 0.15) is 58.8 Å². The van der Waals surface area contributed by atoms with Gasteiger partial charge in [-0.05, 0) is 32.1 Å². The van der Waals surface area contributed by atoms with Crippen LogP contribution in [0.3, 0.4) is 0 Å². The van der Waals surface area contributed by atoms with Crippen LogP contribution in [0.15, 0.2) is 0 Å². The van der Waals surface area contributed by atoms with E-state index in [1.807, 2.05) is 13.8 Å². The summed E-state index contributed by atoms with van der Waals surface area (Å²) < 4.78 is 32.7. The average molecular weight is 274 g/mol. The Morgan fingerprint density at radius 3 is 2.00 bits per heavy atom. The molecule has 0 saturated heterocycles. The standard InChI is InChI=1S/C11H24O4S.Na/c1-3-6-10(12)8-5-9-11(7-4-2)16(13,14)15;/h10-12H,3-9H2,1-2H3,(H,13,14,15);/q;+1/p-1. The molecule has 6 heteroatoms. The molecule has 98 valence electrons. The molecule has 0 aromatic heterocycles. The zero-order valence-corrected chi connectivity index (χ0v) is 14.0. The van der Waals surface area contributed by atoms with Crippen LogP contribution in [0.2, 0.25) is 0 Å². The van der Waals surface area contributed by atoms with Crippen molar-refractivity contribution in [3.63, 3.8) is 0 Å². The van der Waals surface area contributed by atoms with Gasteiger partial charge in [0.1, 0.15) is 0 Å². The van der Waals surface area contributed by atoms with E-state index in [9.17, 15) is 18.1 Å². The Hall–Kier alpha value is 0.870. The molecule has 17 heavy (non-hydrogen) atoms. The molecule has 0 aromatic rings. The molecule has 0 heterocycles. The van der Waals surface area contributed by atoms with Gasteiger partial charge in [0.15, 0.2) is 0 Å². The second-order valence-electron chi connectivity index (χ2n) is 4.28. The van der Waals surface area contributed by atoms with E-state index in [1.165, 1.54) is 0 Å². The van der Waals surface area contributed by atoms with Crippen LogP contribution < -0.4 is 29.6 Å². The first-order chi connectivity index (χ1) is 7.41. The first-order valence-corrected chi connectivity index (χ1v) is 7.51. The first-order valence-electron chi connectivity index (χ1n) is 6.04. The van der Waals surface area contributed by atoms with Gasteiger partial charge >= 0.3 is 29.6 Å². The average Bonchev–Trinajstić information content (AvgIpc) is 2.15. The van der Waals surface area contributed by atoms with Crippen LogP contribution in [-0.2, 0) is 10.1 Å². The van der Waals surface area contributed by atoms with Crippen LogP contribution >= 0.6 is 0 Å². The molecule has 0 rings (SSSR count). The predicted molar refractivity (Wildman–Crippen MR) is 63.2 cm³/mol. The van der Waals surface area contributed by atoms with E-state index in [2.05, 4.69) is 0 Å². The normalized spacial score (nSPS) is 15.1. The molecule has 0 aliphatic heterocycles. The van der Waals surface area contributed by atoms with E-state index < -0.39 is 15.4 Å². The van der Waals surface area contributed by atoms with Gasteiger partial charge in [0.2, 0.25) is 0 Å². The van der Waals surface area contributed by atoms with Crippen molar-refractivity contribution < 1.29 is 47.6 Å². The summed E-state index contributed by atoms with van der Waals surface area (Å²) in [5, 5.41) is 8.70. The molecule has 0 aliphatic carbocycles. The van der Waals surface area contributed by atoms with Crippen molar-refractivity contribution >= 4 is 10.1 Å². The van der Waals surface area contributed by atoms with Gasteiger partial charge in [-0.25, -0.2) is 8.42 Å². The minimum atomic E-state index is -4.17. The number of aliphatic hydroxyl groups is 1. The Balaban J connectivity index is 0. The maximum Gasteiger partial charge on any atom is 1.00 e. The molecule has 2 atom stereocenters. The predicted octanol–water partition coefficient (Wildman–Crippen LogP) is -0.964. The van der Waals surface area contributed by atoms with Gasteiger partial charge in [0.25, 0.3) is 0 Å². The molecular weight excluding hydrogens is 251 g/mol. The van der Waals surface area contributed by atoms with Crippen molar-refractivity contribution in [2.75, 3.05) is 0 Å². The van der Waals surface area contributed by atoms with E-state index in [-0.39, 0.29) is 35.7 Å². The summed E-state index contributed by atoms with van der Waals surface area (Å²) in [4.78, 5) is 0. The topological polar surface area (TPSA) is 77.4 Å². The zero-order chi connectivity index (χ0) is 12.6. The number of hydrogen-bond acceptors (Lipinski definition) is 4. The van der Waals surface area contributed by atoms with Crippen molar-refractivity contribution in [1.82, 2.24) is 0 Å². The summed E-state index contributed by atoms with van der Waals surface area (Å²) in [6.07, 6.45) is 3.99.